The molecule has 0 aliphatic rings. The van der Waals surface area contributed by atoms with Gasteiger partial charge in [0, 0.05) is 6.54 Å². The Bertz CT molecular complexity index is 446. The fourth-order valence-electron chi connectivity index (χ4n) is 2.16. The summed E-state index contributed by atoms with van der Waals surface area (Å²) in [5, 5.41) is 2.98. The van der Waals surface area contributed by atoms with Gasteiger partial charge in [-0.15, -0.1) is 0 Å². The van der Waals surface area contributed by atoms with Crippen LogP contribution in [0.25, 0.3) is 0 Å². The maximum Gasteiger partial charge on any atom is 0.231 e. The standard InChI is InChI=1S/C17H28N2O2/c1-5-17(6-2,12-18)16(20)19-14-9-7-8-10-15(14)21-11-13(3)4/h7-10,13H,5-6,11-12,18H2,1-4H3,(H,19,20). The molecular weight excluding hydrogens is 264 g/mol. The molecule has 0 heterocycles. The second kappa shape index (κ2) is 8.03. The lowest BCUT2D eigenvalue weighted by Crippen LogP contribution is -2.41. The Morgan fingerprint density at radius 3 is 2.43 bits per heavy atom. The first-order valence-corrected chi connectivity index (χ1v) is 7.72. The number of anilines is 1. The van der Waals surface area contributed by atoms with Crippen molar-refractivity contribution in [3.8, 4) is 5.75 Å². The van der Waals surface area contributed by atoms with Crippen LogP contribution in [0.1, 0.15) is 40.5 Å². The fraction of sp³-hybridized carbons (Fsp3) is 0.588. The molecule has 0 aromatic heterocycles. The zero-order valence-electron chi connectivity index (χ0n) is 13.6. The summed E-state index contributed by atoms with van der Waals surface area (Å²) in [7, 11) is 0. The van der Waals surface area contributed by atoms with E-state index >= 15 is 0 Å². The van der Waals surface area contributed by atoms with Gasteiger partial charge in [-0.3, -0.25) is 4.79 Å². The van der Waals surface area contributed by atoms with E-state index in [1.807, 2.05) is 38.1 Å². The molecule has 0 radical (unpaired) electrons. The van der Waals surface area contributed by atoms with Crippen molar-refractivity contribution in [1.29, 1.82) is 0 Å². The molecule has 0 spiro atoms. The van der Waals surface area contributed by atoms with E-state index in [1.165, 1.54) is 0 Å². The average molecular weight is 292 g/mol. The van der Waals surface area contributed by atoms with Gasteiger partial charge in [-0.25, -0.2) is 0 Å². The number of benzene rings is 1. The SMILES string of the molecule is CCC(CC)(CN)C(=O)Nc1ccccc1OCC(C)C. The molecule has 0 aliphatic heterocycles. The van der Waals surface area contributed by atoms with Gasteiger partial charge < -0.3 is 15.8 Å². The third kappa shape index (κ3) is 4.46. The maximum atomic E-state index is 12.6. The second-order valence-electron chi connectivity index (χ2n) is 5.85. The zero-order valence-corrected chi connectivity index (χ0v) is 13.6. The average Bonchev–Trinajstić information content (AvgIpc) is 2.48. The molecule has 0 aliphatic carbocycles. The first kappa shape index (κ1) is 17.5. The largest absolute Gasteiger partial charge is 0.491 e. The Balaban J connectivity index is 2.89. The molecule has 0 bridgehead atoms. The molecule has 4 nitrogen and oxygen atoms in total. The van der Waals surface area contributed by atoms with Gasteiger partial charge >= 0.3 is 0 Å². The van der Waals surface area contributed by atoms with Gasteiger partial charge in [-0.2, -0.15) is 0 Å². The molecule has 0 saturated carbocycles. The first-order chi connectivity index (χ1) is 9.99. The summed E-state index contributed by atoms with van der Waals surface area (Å²) in [4.78, 5) is 12.6. The molecule has 1 aromatic rings. The van der Waals surface area contributed by atoms with Crippen molar-refractivity contribution in [1.82, 2.24) is 0 Å². The van der Waals surface area contributed by atoms with E-state index in [0.29, 0.717) is 30.5 Å². The predicted octanol–water partition coefficient (Wildman–Crippen LogP) is 3.43. The summed E-state index contributed by atoms with van der Waals surface area (Å²) in [6, 6.07) is 7.53. The number of carbonyl (C=O) groups excluding carboxylic acids is 1. The van der Waals surface area contributed by atoms with Crippen LogP contribution in [0.5, 0.6) is 5.75 Å². The maximum absolute atomic E-state index is 12.6. The fourth-order valence-corrected chi connectivity index (χ4v) is 2.16. The molecule has 21 heavy (non-hydrogen) atoms. The van der Waals surface area contributed by atoms with Crippen molar-refractivity contribution < 1.29 is 9.53 Å². The predicted molar refractivity (Wildman–Crippen MR) is 87.5 cm³/mol. The van der Waals surface area contributed by atoms with Crippen LogP contribution in [0, 0.1) is 11.3 Å². The summed E-state index contributed by atoms with van der Waals surface area (Å²) < 4.78 is 5.77. The van der Waals surface area contributed by atoms with Crippen molar-refractivity contribution in [2.45, 2.75) is 40.5 Å². The number of amides is 1. The zero-order chi connectivity index (χ0) is 15.9. The number of rotatable bonds is 8. The lowest BCUT2D eigenvalue weighted by molar-refractivity contribution is -0.125. The highest BCUT2D eigenvalue weighted by Crippen LogP contribution is 2.30. The summed E-state index contributed by atoms with van der Waals surface area (Å²) in [5.41, 5.74) is 6.03. The first-order valence-electron chi connectivity index (χ1n) is 7.72. The summed E-state index contributed by atoms with van der Waals surface area (Å²) in [6.45, 7) is 9.15. The molecule has 4 heteroatoms. The van der Waals surface area contributed by atoms with Crippen LogP contribution in [0.4, 0.5) is 5.69 Å². The van der Waals surface area contributed by atoms with Crippen molar-refractivity contribution in [3.05, 3.63) is 24.3 Å². The minimum Gasteiger partial charge on any atom is -0.491 e. The normalized spacial score (nSPS) is 11.5. The molecule has 1 amide bonds. The Labute approximate surface area is 128 Å². The van der Waals surface area contributed by atoms with Crippen LogP contribution in [0.15, 0.2) is 24.3 Å². The monoisotopic (exact) mass is 292 g/mol. The molecule has 3 N–H and O–H groups in total. The Morgan fingerprint density at radius 2 is 1.90 bits per heavy atom. The van der Waals surface area contributed by atoms with E-state index < -0.39 is 5.41 Å². The number of hydrogen-bond acceptors (Lipinski definition) is 3. The summed E-state index contributed by atoms with van der Waals surface area (Å²) in [5.74, 6) is 1.11. The highest BCUT2D eigenvalue weighted by atomic mass is 16.5. The van der Waals surface area contributed by atoms with E-state index in [4.69, 9.17) is 10.5 Å². The number of hydrogen-bond donors (Lipinski definition) is 2. The van der Waals surface area contributed by atoms with E-state index in [-0.39, 0.29) is 5.91 Å². The number of carbonyl (C=O) groups is 1. The van der Waals surface area contributed by atoms with Crippen LogP contribution in [-0.2, 0) is 4.79 Å². The molecule has 0 saturated heterocycles. The van der Waals surface area contributed by atoms with E-state index in [2.05, 4.69) is 19.2 Å². The molecule has 118 valence electrons. The molecule has 1 rings (SSSR count). The van der Waals surface area contributed by atoms with Crippen LogP contribution < -0.4 is 15.8 Å². The van der Waals surface area contributed by atoms with Gasteiger partial charge in [0.1, 0.15) is 5.75 Å². The topological polar surface area (TPSA) is 64.4 Å². The lowest BCUT2D eigenvalue weighted by Gasteiger charge is -2.29. The van der Waals surface area contributed by atoms with Crippen molar-refractivity contribution in [3.63, 3.8) is 0 Å². The van der Waals surface area contributed by atoms with Crippen LogP contribution in [-0.4, -0.2) is 19.1 Å². The number of ether oxygens (including phenoxy) is 1. The third-order valence-corrected chi connectivity index (χ3v) is 3.93. The van der Waals surface area contributed by atoms with Crippen molar-refractivity contribution in [2.75, 3.05) is 18.5 Å². The van der Waals surface area contributed by atoms with Gasteiger partial charge in [0.05, 0.1) is 17.7 Å². The van der Waals surface area contributed by atoms with Crippen molar-refractivity contribution >= 4 is 11.6 Å². The summed E-state index contributed by atoms with van der Waals surface area (Å²) in [6.07, 6.45) is 1.45. The molecule has 0 fully saturated rings. The number of nitrogens with two attached hydrogens (primary N) is 1. The Kier molecular flexibility index (Phi) is 6.69. The molecule has 0 atom stereocenters. The Morgan fingerprint density at radius 1 is 1.29 bits per heavy atom. The van der Waals surface area contributed by atoms with E-state index in [9.17, 15) is 4.79 Å². The van der Waals surface area contributed by atoms with Crippen LogP contribution in [0.2, 0.25) is 0 Å². The van der Waals surface area contributed by atoms with Gasteiger partial charge in [0.15, 0.2) is 0 Å². The lowest BCUT2D eigenvalue weighted by atomic mass is 9.81. The second-order valence-corrected chi connectivity index (χ2v) is 5.85. The number of nitrogens with one attached hydrogen (secondary N) is 1. The third-order valence-electron chi connectivity index (χ3n) is 3.93. The molecule has 0 unspecified atom stereocenters. The van der Waals surface area contributed by atoms with Gasteiger partial charge in [0.25, 0.3) is 0 Å². The Hall–Kier alpha value is -1.55. The van der Waals surface area contributed by atoms with Crippen LogP contribution >= 0.6 is 0 Å². The molecule has 1 aromatic carbocycles. The van der Waals surface area contributed by atoms with Crippen LogP contribution in [0.3, 0.4) is 0 Å². The quantitative estimate of drug-likeness (QED) is 0.771. The highest BCUT2D eigenvalue weighted by molar-refractivity contribution is 5.96. The summed E-state index contributed by atoms with van der Waals surface area (Å²) >= 11 is 0. The van der Waals surface area contributed by atoms with Gasteiger partial charge in [-0.05, 0) is 30.9 Å². The van der Waals surface area contributed by atoms with Gasteiger partial charge in [0.2, 0.25) is 5.91 Å². The smallest absolute Gasteiger partial charge is 0.231 e. The van der Waals surface area contributed by atoms with Crippen molar-refractivity contribution in [2.24, 2.45) is 17.1 Å². The highest BCUT2D eigenvalue weighted by Gasteiger charge is 2.33. The number of para-hydroxylation sites is 2. The van der Waals surface area contributed by atoms with E-state index in [0.717, 1.165) is 12.8 Å². The van der Waals surface area contributed by atoms with Gasteiger partial charge in [-0.1, -0.05) is 39.8 Å². The molecular formula is C17H28N2O2. The minimum atomic E-state index is -0.509. The van der Waals surface area contributed by atoms with E-state index in [1.54, 1.807) is 0 Å². The minimum absolute atomic E-state index is 0.0319.